The van der Waals surface area contributed by atoms with Crippen LogP contribution in [0.5, 0.6) is 0 Å². The van der Waals surface area contributed by atoms with Crippen molar-refractivity contribution in [1.82, 2.24) is 4.57 Å². The van der Waals surface area contributed by atoms with Crippen molar-refractivity contribution in [1.29, 1.82) is 0 Å². The van der Waals surface area contributed by atoms with Crippen molar-refractivity contribution in [3.8, 4) is 0 Å². The van der Waals surface area contributed by atoms with E-state index in [0.717, 1.165) is 18.5 Å². The van der Waals surface area contributed by atoms with Gasteiger partial charge in [-0.2, -0.15) is 0 Å². The average molecular weight is 263 g/mol. The third kappa shape index (κ3) is 3.10. The highest BCUT2D eigenvalue weighted by molar-refractivity contribution is 5.97. The van der Waals surface area contributed by atoms with E-state index in [2.05, 4.69) is 0 Å². The molecule has 1 aliphatic rings. The number of nitrogens with zero attached hydrogens (tertiary/aromatic N) is 1. The largest absolute Gasteiger partial charge is 0.481 e. The molecule has 5 nitrogen and oxygen atoms in total. The molecule has 0 atom stereocenters. The second-order valence-corrected chi connectivity index (χ2v) is 4.81. The van der Waals surface area contributed by atoms with Gasteiger partial charge in [-0.05, 0) is 31.7 Å². The van der Waals surface area contributed by atoms with Crippen LogP contribution >= 0.6 is 0 Å². The lowest BCUT2D eigenvalue weighted by atomic mass is 9.94. The zero-order chi connectivity index (χ0) is 13.8. The first-order valence-corrected chi connectivity index (χ1v) is 6.57. The number of carbonyl (C=O) groups is 2. The summed E-state index contributed by atoms with van der Waals surface area (Å²) in [5.74, 6) is -0.724. The first-order valence-electron chi connectivity index (χ1n) is 6.57. The minimum Gasteiger partial charge on any atom is -0.481 e. The summed E-state index contributed by atoms with van der Waals surface area (Å²) < 4.78 is 1.63. The highest BCUT2D eigenvalue weighted by Gasteiger charge is 2.20. The number of carboxylic acid groups (broad SMARTS) is 1. The van der Waals surface area contributed by atoms with Gasteiger partial charge >= 0.3 is 5.97 Å². The molecule has 0 aliphatic heterocycles. The van der Waals surface area contributed by atoms with Crippen LogP contribution in [0, 0.1) is 0 Å². The summed E-state index contributed by atoms with van der Waals surface area (Å²) in [5.41, 5.74) is 1.37. The predicted molar refractivity (Wildman–Crippen MR) is 69.5 cm³/mol. The van der Waals surface area contributed by atoms with E-state index in [-0.39, 0.29) is 17.8 Å². The minimum atomic E-state index is -0.822. The van der Waals surface area contributed by atoms with Crippen LogP contribution in [-0.4, -0.2) is 21.4 Å². The molecule has 0 spiro atoms. The van der Waals surface area contributed by atoms with E-state index in [9.17, 15) is 14.4 Å². The van der Waals surface area contributed by atoms with Crippen molar-refractivity contribution in [2.75, 3.05) is 0 Å². The second kappa shape index (κ2) is 5.82. The number of aliphatic carboxylic acids is 1. The zero-order valence-electron chi connectivity index (χ0n) is 10.7. The van der Waals surface area contributed by atoms with Crippen LogP contribution in [0.1, 0.15) is 48.2 Å². The molecule has 0 fully saturated rings. The van der Waals surface area contributed by atoms with E-state index in [1.54, 1.807) is 10.6 Å². The Labute approximate surface area is 110 Å². The molecule has 0 saturated carbocycles. The van der Waals surface area contributed by atoms with Gasteiger partial charge in [0.2, 0.25) is 0 Å². The van der Waals surface area contributed by atoms with E-state index in [4.69, 9.17) is 5.11 Å². The van der Waals surface area contributed by atoms with E-state index in [0.29, 0.717) is 31.4 Å². The van der Waals surface area contributed by atoms with E-state index < -0.39 is 5.97 Å². The fraction of sp³-hybridized carbons (Fsp3) is 0.500. The zero-order valence-corrected chi connectivity index (χ0v) is 10.7. The summed E-state index contributed by atoms with van der Waals surface area (Å²) in [6.45, 7) is 0.489. The van der Waals surface area contributed by atoms with Crippen LogP contribution < -0.4 is 5.56 Å². The van der Waals surface area contributed by atoms with Crippen LogP contribution in [-0.2, 0) is 17.8 Å². The molecule has 19 heavy (non-hydrogen) atoms. The Bertz CT molecular complexity index is 559. The number of pyridine rings is 1. The quantitative estimate of drug-likeness (QED) is 0.819. The Morgan fingerprint density at radius 1 is 1.21 bits per heavy atom. The standard InChI is InChI=1S/C14H17NO4/c16-12-5-3-4-11-10(12)7-8-13(17)15(11)9-2-1-6-14(18)19/h7-8H,1-6,9H2,(H,18,19). The normalized spacial score (nSPS) is 14.2. The lowest BCUT2D eigenvalue weighted by molar-refractivity contribution is -0.137. The lowest BCUT2D eigenvalue weighted by Crippen LogP contribution is -2.28. The van der Waals surface area contributed by atoms with E-state index >= 15 is 0 Å². The van der Waals surface area contributed by atoms with Crippen molar-refractivity contribution in [2.45, 2.75) is 45.1 Å². The van der Waals surface area contributed by atoms with Gasteiger partial charge in [0.15, 0.2) is 5.78 Å². The number of unbranched alkanes of at least 4 members (excludes halogenated alkanes) is 1. The number of fused-ring (bicyclic) bond motifs is 1. The topological polar surface area (TPSA) is 76.4 Å². The maximum Gasteiger partial charge on any atom is 0.303 e. The van der Waals surface area contributed by atoms with Crippen LogP contribution in [0.15, 0.2) is 16.9 Å². The Balaban J connectivity index is 2.15. The summed E-state index contributed by atoms with van der Waals surface area (Å²) in [7, 11) is 0. The van der Waals surface area contributed by atoms with Gasteiger partial charge in [0, 0.05) is 36.7 Å². The summed E-state index contributed by atoms with van der Waals surface area (Å²) in [6, 6.07) is 3.05. The fourth-order valence-electron chi connectivity index (χ4n) is 2.49. The van der Waals surface area contributed by atoms with Crippen LogP contribution in [0.25, 0.3) is 0 Å². The molecule has 0 amide bonds. The molecular weight excluding hydrogens is 246 g/mol. The van der Waals surface area contributed by atoms with Crippen molar-refractivity contribution in [2.24, 2.45) is 0 Å². The number of carbonyl (C=O) groups excluding carboxylic acids is 1. The Kier molecular flexibility index (Phi) is 4.14. The van der Waals surface area contributed by atoms with Gasteiger partial charge in [0.25, 0.3) is 5.56 Å². The second-order valence-electron chi connectivity index (χ2n) is 4.81. The van der Waals surface area contributed by atoms with Crippen LogP contribution in [0.2, 0.25) is 0 Å². The summed E-state index contributed by atoms with van der Waals surface area (Å²) >= 11 is 0. The van der Waals surface area contributed by atoms with E-state index in [1.165, 1.54) is 6.07 Å². The van der Waals surface area contributed by atoms with Crippen LogP contribution in [0.4, 0.5) is 0 Å². The number of carboxylic acids is 1. The Morgan fingerprint density at radius 2 is 2.00 bits per heavy atom. The third-order valence-corrected chi connectivity index (χ3v) is 3.44. The molecule has 0 unspecified atom stereocenters. The number of Topliss-reactive ketones (excluding diaryl/α,β-unsaturated/α-hetero) is 1. The van der Waals surface area contributed by atoms with Gasteiger partial charge in [-0.15, -0.1) is 0 Å². The highest BCUT2D eigenvalue weighted by Crippen LogP contribution is 2.20. The Hall–Kier alpha value is -1.91. The average Bonchev–Trinajstić information content (AvgIpc) is 2.36. The Morgan fingerprint density at radius 3 is 2.74 bits per heavy atom. The maximum atomic E-state index is 11.9. The molecule has 102 valence electrons. The molecule has 1 aliphatic carbocycles. The van der Waals surface area contributed by atoms with Crippen molar-refractivity contribution >= 4 is 11.8 Å². The van der Waals surface area contributed by atoms with Crippen molar-refractivity contribution < 1.29 is 14.7 Å². The number of hydrogen-bond acceptors (Lipinski definition) is 3. The minimum absolute atomic E-state index is 0.0977. The lowest BCUT2D eigenvalue weighted by Gasteiger charge is -2.19. The number of ketones is 1. The molecule has 0 bridgehead atoms. The fourth-order valence-corrected chi connectivity index (χ4v) is 2.49. The van der Waals surface area contributed by atoms with Gasteiger partial charge in [-0.3, -0.25) is 14.4 Å². The number of hydrogen-bond donors (Lipinski definition) is 1. The molecule has 1 N–H and O–H groups in total. The molecule has 0 radical (unpaired) electrons. The SMILES string of the molecule is O=C(O)CCCCn1c2c(ccc1=O)C(=O)CCC2. The molecule has 5 heteroatoms. The summed E-state index contributed by atoms with van der Waals surface area (Å²) in [4.78, 5) is 34.1. The van der Waals surface area contributed by atoms with Gasteiger partial charge in [0.05, 0.1) is 0 Å². The predicted octanol–water partition coefficient (Wildman–Crippen LogP) is 1.62. The molecule has 1 aromatic rings. The highest BCUT2D eigenvalue weighted by atomic mass is 16.4. The van der Waals surface area contributed by atoms with Gasteiger partial charge in [-0.1, -0.05) is 0 Å². The molecule has 0 aromatic carbocycles. The van der Waals surface area contributed by atoms with Gasteiger partial charge in [0.1, 0.15) is 0 Å². The molecule has 2 rings (SSSR count). The molecule has 0 saturated heterocycles. The molecule has 1 heterocycles. The first-order chi connectivity index (χ1) is 9.09. The van der Waals surface area contributed by atoms with Crippen molar-refractivity contribution in [3.05, 3.63) is 33.7 Å². The van der Waals surface area contributed by atoms with E-state index in [1.807, 2.05) is 0 Å². The van der Waals surface area contributed by atoms with Crippen molar-refractivity contribution in [3.63, 3.8) is 0 Å². The molecular formula is C14H17NO4. The van der Waals surface area contributed by atoms with Crippen LogP contribution in [0.3, 0.4) is 0 Å². The van der Waals surface area contributed by atoms with Gasteiger partial charge < -0.3 is 9.67 Å². The monoisotopic (exact) mass is 263 g/mol. The smallest absolute Gasteiger partial charge is 0.303 e. The number of rotatable bonds is 5. The number of aromatic nitrogens is 1. The van der Waals surface area contributed by atoms with Gasteiger partial charge in [-0.25, -0.2) is 0 Å². The summed E-state index contributed by atoms with van der Waals surface area (Å²) in [5, 5.41) is 8.58. The summed E-state index contributed by atoms with van der Waals surface area (Å²) in [6.07, 6.45) is 3.36. The first kappa shape index (κ1) is 13.5. The third-order valence-electron chi connectivity index (χ3n) is 3.44. The molecule has 1 aromatic heterocycles. The maximum absolute atomic E-state index is 11.9.